The van der Waals surface area contributed by atoms with E-state index in [0.717, 1.165) is 18.8 Å². The molecule has 0 heterocycles. The Hall–Kier alpha value is 0.540. The van der Waals surface area contributed by atoms with Crippen LogP contribution in [0.1, 0.15) is 39.0 Å². The van der Waals surface area contributed by atoms with Gasteiger partial charge in [-0.15, -0.1) is 24.0 Å². The molecule has 0 aliphatic carbocycles. The van der Waals surface area contributed by atoms with Crippen molar-refractivity contribution in [2.24, 2.45) is 0 Å². The molecule has 0 atom stereocenters. The predicted molar refractivity (Wildman–Crippen MR) is 59.6 cm³/mol. The van der Waals surface area contributed by atoms with Crippen molar-refractivity contribution in [2.75, 3.05) is 19.0 Å². The lowest BCUT2D eigenvalue weighted by Crippen LogP contribution is -2.16. The smallest absolute Gasteiger partial charge is 0.0223 e. The zero-order valence-electron chi connectivity index (χ0n) is 7.94. The second kappa shape index (κ2) is 14.1. The lowest BCUT2D eigenvalue weighted by molar-refractivity contribution is 0.596. The first kappa shape index (κ1) is 15.0. The molecule has 0 spiro atoms. The maximum Gasteiger partial charge on any atom is 0.0223 e. The van der Waals surface area contributed by atoms with Gasteiger partial charge in [0, 0.05) is 5.88 Å². The summed E-state index contributed by atoms with van der Waals surface area (Å²) in [6.45, 7) is 4.56. The summed E-state index contributed by atoms with van der Waals surface area (Å²) < 4.78 is 0. The van der Waals surface area contributed by atoms with Gasteiger partial charge in [-0.1, -0.05) is 19.8 Å². The van der Waals surface area contributed by atoms with E-state index in [9.17, 15) is 0 Å². The molecular weight excluding hydrogens is 193 g/mol. The van der Waals surface area contributed by atoms with Crippen molar-refractivity contribution < 1.29 is 0 Å². The van der Waals surface area contributed by atoms with Gasteiger partial charge < -0.3 is 5.32 Å². The Kier molecular flexibility index (Phi) is 17.6. The summed E-state index contributed by atoms with van der Waals surface area (Å²) in [5, 5.41) is 3.40. The molecule has 0 saturated carbocycles. The van der Waals surface area contributed by atoms with Crippen LogP contribution in [0.4, 0.5) is 0 Å². The summed E-state index contributed by atoms with van der Waals surface area (Å²) in [7, 11) is 0. The van der Waals surface area contributed by atoms with E-state index in [4.69, 9.17) is 11.6 Å². The minimum absolute atomic E-state index is 0. The van der Waals surface area contributed by atoms with Gasteiger partial charge in [0.2, 0.25) is 0 Å². The third-order valence-electron chi connectivity index (χ3n) is 1.69. The average Bonchev–Trinajstić information content (AvgIpc) is 2.03. The highest BCUT2D eigenvalue weighted by Gasteiger charge is 1.87. The molecule has 76 valence electrons. The van der Waals surface area contributed by atoms with E-state index in [0.29, 0.717) is 0 Å². The molecule has 0 aliphatic heterocycles. The number of rotatable bonds is 8. The van der Waals surface area contributed by atoms with Gasteiger partial charge in [-0.05, 0) is 32.4 Å². The number of hydrogen-bond donors (Lipinski definition) is 1. The zero-order chi connectivity index (χ0) is 8.36. The van der Waals surface area contributed by atoms with Crippen LogP contribution in [0.15, 0.2) is 0 Å². The van der Waals surface area contributed by atoms with Crippen molar-refractivity contribution in [1.82, 2.24) is 5.32 Å². The van der Waals surface area contributed by atoms with Crippen molar-refractivity contribution in [2.45, 2.75) is 39.0 Å². The predicted octanol–water partition coefficient (Wildman–Crippen LogP) is 3.21. The molecule has 0 amide bonds. The van der Waals surface area contributed by atoms with E-state index in [1.165, 1.54) is 32.2 Å². The Labute approximate surface area is 87.7 Å². The number of nitrogens with one attached hydrogen (secondary N) is 1. The van der Waals surface area contributed by atoms with E-state index >= 15 is 0 Å². The summed E-state index contributed by atoms with van der Waals surface area (Å²) in [5.41, 5.74) is 0. The fraction of sp³-hybridized carbons (Fsp3) is 1.00. The molecule has 0 rings (SSSR count). The molecule has 0 unspecified atom stereocenters. The highest BCUT2D eigenvalue weighted by Crippen LogP contribution is 1.95. The number of unbranched alkanes of at least 4 members (excludes halogenated alkanes) is 3. The van der Waals surface area contributed by atoms with E-state index in [1.54, 1.807) is 0 Å². The molecule has 0 radical (unpaired) electrons. The van der Waals surface area contributed by atoms with Crippen molar-refractivity contribution in [3.05, 3.63) is 0 Å². The summed E-state index contributed by atoms with van der Waals surface area (Å²) in [6, 6.07) is 0. The molecule has 1 N–H and O–H groups in total. The minimum Gasteiger partial charge on any atom is -0.317 e. The highest BCUT2D eigenvalue weighted by atomic mass is 35.5. The quantitative estimate of drug-likeness (QED) is 0.483. The van der Waals surface area contributed by atoms with E-state index in [-0.39, 0.29) is 12.4 Å². The first-order valence-electron chi connectivity index (χ1n) is 4.68. The van der Waals surface area contributed by atoms with Gasteiger partial charge in [0.1, 0.15) is 0 Å². The Morgan fingerprint density at radius 3 is 2.25 bits per heavy atom. The van der Waals surface area contributed by atoms with E-state index in [2.05, 4.69) is 12.2 Å². The van der Waals surface area contributed by atoms with Crippen molar-refractivity contribution in [1.29, 1.82) is 0 Å². The third-order valence-corrected chi connectivity index (χ3v) is 1.96. The zero-order valence-corrected chi connectivity index (χ0v) is 9.52. The number of alkyl halides is 1. The first-order chi connectivity index (χ1) is 5.41. The van der Waals surface area contributed by atoms with Crippen LogP contribution in [-0.4, -0.2) is 19.0 Å². The first-order valence-corrected chi connectivity index (χ1v) is 5.22. The Bertz CT molecular complexity index is 61.5. The van der Waals surface area contributed by atoms with Crippen LogP contribution >= 0.6 is 24.0 Å². The number of halogens is 2. The van der Waals surface area contributed by atoms with Crippen LogP contribution < -0.4 is 5.32 Å². The van der Waals surface area contributed by atoms with Gasteiger partial charge in [0.15, 0.2) is 0 Å². The summed E-state index contributed by atoms with van der Waals surface area (Å²) in [6.07, 6.45) is 6.29. The minimum atomic E-state index is 0. The second-order valence-electron chi connectivity index (χ2n) is 2.85. The summed E-state index contributed by atoms with van der Waals surface area (Å²) in [5.74, 6) is 0.814. The maximum atomic E-state index is 5.54. The monoisotopic (exact) mass is 213 g/mol. The molecule has 3 heteroatoms. The van der Waals surface area contributed by atoms with Crippen molar-refractivity contribution in [3.63, 3.8) is 0 Å². The van der Waals surface area contributed by atoms with Gasteiger partial charge in [-0.2, -0.15) is 0 Å². The van der Waals surface area contributed by atoms with Gasteiger partial charge in [0.25, 0.3) is 0 Å². The Morgan fingerprint density at radius 2 is 1.67 bits per heavy atom. The average molecular weight is 214 g/mol. The fourth-order valence-electron chi connectivity index (χ4n) is 0.948. The lowest BCUT2D eigenvalue weighted by Gasteiger charge is -2.01. The molecule has 0 aromatic heterocycles. The van der Waals surface area contributed by atoms with Crippen LogP contribution in [0.25, 0.3) is 0 Å². The molecular formula is C9H21Cl2N. The van der Waals surface area contributed by atoms with Crippen LogP contribution in [0.5, 0.6) is 0 Å². The molecule has 12 heavy (non-hydrogen) atoms. The SMILES string of the molecule is CCCCNCCCCCCl.Cl. The molecule has 0 bridgehead atoms. The van der Waals surface area contributed by atoms with Crippen molar-refractivity contribution in [3.8, 4) is 0 Å². The molecule has 0 saturated heterocycles. The lowest BCUT2D eigenvalue weighted by atomic mass is 10.2. The highest BCUT2D eigenvalue weighted by molar-refractivity contribution is 6.17. The maximum absolute atomic E-state index is 5.54. The summed E-state index contributed by atoms with van der Waals surface area (Å²) in [4.78, 5) is 0. The normalized spacial score (nSPS) is 9.50. The largest absolute Gasteiger partial charge is 0.317 e. The standard InChI is InChI=1S/C9H20ClN.ClH/c1-2-3-8-11-9-6-4-5-7-10;/h11H,2-9H2,1H3;1H. The third kappa shape index (κ3) is 13.2. The van der Waals surface area contributed by atoms with Gasteiger partial charge in [-0.25, -0.2) is 0 Å². The van der Waals surface area contributed by atoms with Crippen LogP contribution in [-0.2, 0) is 0 Å². The Morgan fingerprint density at radius 1 is 1.00 bits per heavy atom. The Balaban J connectivity index is 0. The molecule has 0 aliphatic rings. The molecule has 0 aromatic rings. The molecule has 0 aromatic carbocycles. The number of hydrogen-bond acceptors (Lipinski definition) is 1. The van der Waals surface area contributed by atoms with Crippen molar-refractivity contribution >= 4 is 24.0 Å². The summed E-state index contributed by atoms with van der Waals surface area (Å²) >= 11 is 5.54. The van der Waals surface area contributed by atoms with Gasteiger partial charge >= 0.3 is 0 Å². The van der Waals surface area contributed by atoms with Crippen LogP contribution in [0.2, 0.25) is 0 Å². The van der Waals surface area contributed by atoms with Gasteiger partial charge in [-0.3, -0.25) is 0 Å². The fourth-order valence-corrected chi connectivity index (χ4v) is 1.14. The van der Waals surface area contributed by atoms with Crippen LogP contribution in [0.3, 0.4) is 0 Å². The van der Waals surface area contributed by atoms with E-state index in [1.807, 2.05) is 0 Å². The topological polar surface area (TPSA) is 12.0 Å². The molecule has 0 fully saturated rings. The second-order valence-corrected chi connectivity index (χ2v) is 3.23. The molecule has 1 nitrogen and oxygen atoms in total. The van der Waals surface area contributed by atoms with E-state index < -0.39 is 0 Å². The van der Waals surface area contributed by atoms with Gasteiger partial charge in [0.05, 0.1) is 0 Å². The van der Waals surface area contributed by atoms with Crippen LogP contribution in [0, 0.1) is 0 Å².